The van der Waals surface area contributed by atoms with E-state index in [0.29, 0.717) is 21.8 Å². The van der Waals surface area contributed by atoms with Crippen LogP contribution in [0, 0.1) is 20.8 Å². The Morgan fingerprint density at radius 2 is 1.89 bits per heavy atom. The van der Waals surface area contributed by atoms with Crippen molar-refractivity contribution in [3.63, 3.8) is 0 Å². The third-order valence-corrected chi connectivity index (χ3v) is 8.90. The smallest absolute Gasteiger partial charge is 0.339 e. The second-order valence-electron chi connectivity index (χ2n) is 9.25. The van der Waals surface area contributed by atoms with Gasteiger partial charge in [0, 0.05) is 20.7 Å². The van der Waals surface area contributed by atoms with Gasteiger partial charge in [-0.05, 0) is 106 Å². The Hall–Kier alpha value is -3.08. The molecular formula is C27H24BrN3O4S2. The van der Waals surface area contributed by atoms with Gasteiger partial charge in [0.1, 0.15) is 10.6 Å². The Morgan fingerprint density at radius 1 is 1.16 bits per heavy atom. The SMILES string of the molecule is Cc1cc(Br)ccc1N1C(=O)/C(=C/c2cc(C)n(-c3sc4c(c3C(=O)O)CCCC4)c2C)C(=O)NC1=S. The number of aromatic nitrogens is 1. The molecule has 3 heterocycles. The minimum absolute atomic E-state index is 0.0262. The van der Waals surface area contributed by atoms with Crippen molar-refractivity contribution in [1.82, 2.24) is 9.88 Å². The van der Waals surface area contributed by atoms with E-state index in [1.165, 1.54) is 16.2 Å². The summed E-state index contributed by atoms with van der Waals surface area (Å²) in [5.41, 5.74) is 4.90. The molecule has 2 N–H and O–H groups in total. The Kier molecular flexibility index (Phi) is 6.68. The van der Waals surface area contributed by atoms with E-state index in [1.54, 1.807) is 12.1 Å². The number of carbonyl (C=O) groups excluding carboxylic acids is 2. The van der Waals surface area contributed by atoms with Crippen molar-refractivity contribution < 1.29 is 19.5 Å². The predicted octanol–water partition coefficient (Wildman–Crippen LogP) is 5.63. The molecule has 37 heavy (non-hydrogen) atoms. The zero-order valence-corrected chi connectivity index (χ0v) is 23.7. The maximum Gasteiger partial charge on any atom is 0.339 e. The number of carboxylic acids is 1. The first-order valence-corrected chi connectivity index (χ1v) is 13.8. The molecule has 0 spiro atoms. The van der Waals surface area contributed by atoms with Crippen LogP contribution < -0.4 is 10.2 Å². The molecule has 1 fully saturated rings. The molecule has 0 radical (unpaired) electrons. The number of rotatable bonds is 4. The summed E-state index contributed by atoms with van der Waals surface area (Å²) in [6.07, 6.45) is 5.26. The van der Waals surface area contributed by atoms with Crippen LogP contribution in [0.2, 0.25) is 0 Å². The molecule has 3 aromatic rings. The van der Waals surface area contributed by atoms with Gasteiger partial charge < -0.3 is 9.67 Å². The molecular weight excluding hydrogens is 574 g/mol. The molecule has 0 bridgehead atoms. The number of benzene rings is 1. The minimum atomic E-state index is -0.933. The van der Waals surface area contributed by atoms with Crippen LogP contribution in [0.5, 0.6) is 0 Å². The van der Waals surface area contributed by atoms with Gasteiger partial charge in [-0.15, -0.1) is 11.3 Å². The number of nitrogens with zero attached hydrogens (tertiary/aromatic N) is 2. The number of hydrogen-bond acceptors (Lipinski definition) is 5. The van der Waals surface area contributed by atoms with E-state index in [-0.39, 0.29) is 10.7 Å². The molecule has 1 saturated heterocycles. The van der Waals surface area contributed by atoms with Gasteiger partial charge in [-0.1, -0.05) is 15.9 Å². The van der Waals surface area contributed by atoms with Crippen molar-refractivity contribution in [3.8, 4) is 5.00 Å². The van der Waals surface area contributed by atoms with Crippen LogP contribution in [-0.4, -0.2) is 32.6 Å². The van der Waals surface area contributed by atoms with Crippen LogP contribution in [0.15, 0.2) is 34.3 Å². The highest BCUT2D eigenvalue weighted by Gasteiger charge is 2.35. The highest BCUT2D eigenvalue weighted by molar-refractivity contribution is 9.10. The third-order valence-electron chi connectivity index (χ3n) is 6.84. The number of fused-ring (bicyclic) bond motifs is 1. The van der Waals surface area contributed by atoms with E-state index in [2.05, 4.69) is 21.2 Å². The highest BCUT2D eigenvalue weighted by Crippen LogP contribution is 2.39. The van der Waals surface area contributed by atoms with Gasteiger partial charge in [0.05, 0.1) is 11.3 Å². The zero-order valence-electron chi connectivity index (χ0n) is 20.5. The molecule has 0 saturated carbocycles. The van der Waals surface area contributed by atoms with E-state index < -0.39 is 17.8 Å². The standard InChI is InChI=1S/C27H24BrN3O4S2/c1-13-10-17(28)8-9-20(13)31-24(33)19(23(32)29-27(31)36)12-16-11-14(2)30(15(16)3)25-22(26(34)35)18-6-4-5-7-21(18)37-25/h8-12H,4-7H2,1-3H3,(H,34,35)(H,29,32,36)/b19-12+. The van der Waals surface area contributed by atoms with Crippen molar-refractivity contribution in [2.75, 3.05) is 4.90 Å². The molecule has 1 aromatic carbocycles. The zero-order chi connectivity index (χ0) is 26.6. The summed E-state index contributed by atoms with van der Waals surface area (Å²) in [4.78, 5) is 41.2. The Morgan fingerprint density at radius 3 is 2.59 bits per heavy atom. The Labute approximate surface area is 231 Å². The molecule has 0 unspecified atom stereocenters. The highest BCUT2D eigenvalue weighted by atomic mass is 79.9. The second-order valence-corrected chi connectivity index (χ2v) is 11.6. The number of aryl methyl sites for hydroxylation is 3. The van der Waals surface area contributed by atoms with Gasteiger partial charge >= 0.3 is 5.97 Å². The molecule has 5 rings (SSSR count). The van der Waals surface area contributed by atoms with Crippen LogP contribution in [0.1, 0.15) is 56.2 Å². The summed E-state index contributed by atoms with van der Waals surface area (Å²) in [6, 6.07) is 7.33. The van der Waals surface area contributed by atoms with Crippen molar-refractivity contribution >= 4 is 74.1 Å². The van der Waals surface area contributed by atoms with E-state index in [0.717, 1.165) is 57.5 Å². The number of carboxylic acid groups (broad SMARTS) is 1. The lowest BCUT2D eigenvalue weighted by Crippen LogP contribution is -2.54. The van der Waals surface area contributed by atoms with E-state index >= 15 is 0 Å². The van der Waals surface area contributed by atoms with Gasteiger partial charge in [-0.3, -0.25) is 19.8 Å². The average Bonchev–Trinajstić information content (AvgIpc) is 3.34. The number of nitrogens with one attached hydrogen (secondary N) is 1. The van der Waals surface area contributed by atoms with Gasteiger partial charge in [0.25, 0.3) is 11.8 Å². The molecule has 2 amide bonds. The molecule has 1 aliphatic heterocycles. The number of thiophene rings is 1. The number of amides is 2. The van der Waals surface area contributed by atoms with Gasteiger partial charge in [0.15, 0.2) is 5.11 Å². The Balaban J connectivity index is 1.59. The summed E-state index contributed by atoms with van der Waals surface area (Å²) >= 11 is 10.3. The minimum Gasteiger partial charge on any atom is -0.478 e. The molecule has 7 nitrogen and oxygen atoms in total. The van der Waals surface area contributed by atoms with E-state index in [1.807, 2.05) is 43.5 Å². The first-order valence-electron chi connectivity index (χ1n) is 11.8. The van der Waals surface area contributed by atoms with E-state index in [9.17, 15) is 19.5 Å². The monoisotopic (exact) mass is 597 g/mol. The Bertz CT molecular complexity index is 1550. The van der Waals surface area contributed by atoms with Crippen LogP contribution >= 0.6 is 39.5 Å². The van der Waals surface area contributed by atoms with Crippen molar-refractivity contribution in [2.24, 2.45) is 0 Å². The quantitative estimate of drug-likeness (QED) is 0.231. The fourth-order valence-electron chi connectivity index (χ4n) is 5.08. The summed E-state index contributed by atoms with van der Waals surface area (Å²) in [5.74, 6) is -2.01. The summed E-state index contributed by atoms with van der Waals surface area (Å²) in [7, 11) is 0. The van der Waals surface area contributed by atoms with Crippen molar-refractivity contribution in [3.05, 3.63) is 72.8 Å². The molecule has 1 aliphatic carbocycles. The van der Waals surface area contributed by atoms with E-state index in [4.69, 9.17) is 12.2 Å². The largest absolute Gasteiger partial charge is 0.478 e. The number of carbonyl (C=O) groups is 3. The van der Waals surface area contributed by atoms with Crippen molar-refractivity contribution in [1.29, 1.82) is 0 Å². The van der Waals surface area contributed by atoms with Crippen LogP contribution in [0.25, 0.3) is 11.1 Å². The second kappa shape index (κ2) is 9.66. The number of aromatic carboxylic acids is 1. The number of halogens is 1. The maximum absolute atomic E-state index is 13.6. The third kappa shape index (κ3) is 4.36. The number of anilines is 1. The molecule has 10 heteroatoms. The summed E-state index contributed by atoms with van der Waals surface area (Å²) < 4.78 is 2.79. The lowest BCUT2D eigenvalue weighted by molar-refractivity contribution is -0.122. The fraction of sp³-hybridized carbons (Fsp3) is 0.259. The molecule has 190 valence electrons. The maximum atomic E-state index is 13.6. The number of hydrogen-bond donors (Lipinski definition) is 2. The first-order chi connectivity index (χ1) is 17.6. The summed E-state index contributed by atoms with van der Waals surface area (Å²) in [5, 5.41) is 13.4. The molecule has 2 aliphatic rings. The van der Waals surface area contributed by atoms with Crippen LogP contribution in [0.3, 0.4) is 0 Å². The summed E-state index contributed by atoms with van der Waals surface area (Å²) in [6.45, 7) is 5.63. The topological polar surface area (TPSA) is 91.6 Å². The van der Waals surface area contributed by atoms with Crippen LogP contribution in [0.4, 0.5) is 5.69 Å². The van der Waals surface area contributed by atoms with Gasteiger partial charge in [-0.25, -0.2) is 4.79 Å². The molecule has 2 aromatic heterocycles. The first kappa shape index (κ1) is 25.6. The average molecular weight is 599 g/mol. The normalized spacial score (nSPS) is 16.8. The number of thiocarbonyl (C=S) groups is 1. The fourth-order valence-corrected chi connectivity index (χ4v) is 7.32. The van der Waals surface area contributed by atoms with Gasteiger partial charge in [0.2, 0.25) is 0 Å². The van der Waals surface area contributed by atoms with Crippen LogP contribution in [-0.2, 0) is 22.4 Å². The lowest BCUT2D eigenvalue weighted by atomic mass is 9.95. The van der Waals surface area contributed by atoms with Gasteiger partial charge in [-0.2, -0.15) is 0 Å². The lowest BCUT2D eigenvalue weighted by Gasteiger charge is -2.30. The molecule has 0 atom stereocenters. The van der Waals surface area contributed by atoms with Crippen molar-refractivity contribution in [2.45, 2.75) is 46.5 Å². The predicted molar refractivity (Wildman–Crippen MR) is 152 cm³/mol.